The van der Waals surface area contributed by atoms with E-state index < -0.39 is 0 Å². The predicted octanol–water partition coefficient (Wildman–Crippen LogP) is 3.76. The van der Waals surface area contributed by atoms with Gasteiger partial charge in [0.2, 0.25) is 0 Å². The first-order valence-electron chi connectivity index (χ1n) is 9.14. The minimum atomic E-state index is -0.223. The van der Waals surface area contributed by atoms with E-state index in [0.29, 0.717) is 18.1 Å². The largest absolute Gasteiger partial charge is 0.369 e. The van der Waals surface area contributed by atoms with Crippen molar-refractivity contribution in [2.75, 3.05) is 11.9 Å². The molecule has 0 aliphatic rings. The van der Waals surface area contributed by atoms with E-state index in [2.05, 4.69) is 44.9 Å². The molecule has 27 heavy (non-hydrogen) atoms. The topological polar surface area (TPSA) is 66.9 Å². The van der Waals surface area contributed by atoms with Crippen molar-refractivity contribution in [2.24, 2.45) is 0 Å². The maximum atomic E-state index is 12.2. The molecule has 2 aromatic carbocycles. The van der Waals surface area contributed by atoms with Crippen molar-refractivity contribution in [3.05, 3.63) is 89.4 Å². The number of aromatic nitrogens is 2. The number of carbonyl (C=O) groups is 1. The van der Waals surface area contributed by atoms with E-state index >= 15 is 0 Å². The number of nitrogens with one attached hydrogen (secondary N) is 2. The summed E-state index contributed by atoms with van der Waals surface area (Å²) in [6.45, 7) is 3.32. The average molecular weight is 360 g/mol. The minimum absolute atomic E-state index is 0.223. The van der Waals surface area contributed by atoms with Gasteiger partial charge in [-0.05, 0) is 30.9 Å². The first-order chi connectivity index (χ1) is 13.2. The molecule has 138 valence electrons. The van der Waals surface area contributed by atoms with Crippen LogP contribution in [0.2, 0.25) is 0 Å². The van der Waals surface area contributed by atoms with Gasteiger partial charge < -0.3 is 10.6 Å². The molecule has 2 N–H and O–H groups in total. The second kappa shape index (κ2) is 9.48. The van der Waals surface area contributed by atoms with Gasteiger partial charge in [0.25, 0.3) is 5.91 Å². The van der Waals surface area contributed by atoms with Gasteiger partial charge in [0.1, 0.15) is 11.5 Å². The first kappa shape index (κ1) is 18.6. The Morgan fingerprint density at radius 3 is 2.41 bits per heavy atom. The number of anilines is 1. The molecule has 3 aromatic rings. The number of aryl methyl sites for hydroxylation is 2. The van der Waals surface area contributed by atoms with E-state index in [-0.39, 0.29) is 5.91 Å². The zero-order valence-corrected chi connectivity index (χ0v) is 15.5. The Morgan fingerprint density at radius 2 is 1.70 bits per heavy atom. The average Bonchev–Trinajstić information content (AvgIpc) is 2.72. The van der Waals surface area contributed by atoms with Crippen LogP contribution in [0.25, 0.3) is 0 Å². The molecule has 0 spiro atoms. The lowest BCUT2D eigenvalue weighted by Gasteiger charge is -2.07. The number of nitrogens with zero attached hydrogens (tertiary/aromatic N) is 2. The molecule has 0 radical (unpaired) electrons. The second-order valence-electron chi connectivity index (χ2n) is 6.47. The summed E-state index contributed by atoms with van der Waals surface area (Å²) in [4.78, 5) is 20.7. The molecule has 5 heteroatoms. The monoisotopic (exact) mass is 360 g/mol. The summed E-state index contributed by atoms with van der Waals surface area (Å²) >= 11 is 0. The minimum Gasteiger partial charge on any atom is -0.369 e. The Balaban J connectivity index is 1.42. The van der Waals surface area contributed by atoms with Crippen LogP contribution < -0.4 is 10.6 Å². The highest BCUT2D eigenvalue weighted by atomic mass is 16.1. The Bertz CT molecular complexity index is 846. The molecule has 0 aliphatic carbocycles. The highest BCUT2D eigenvalue weighted by Crippen LogP contribution is 2.06. The zero-order chi connectivity index (χ0) is 18.9. The molecule has 0 aliphatic heterocycles. The number of amides is 1. The van der Waals surface area contributed by atoms with E-state index in [0.717, 1.165) is 24.9 Å². The van der Waals surface area contributed by atoms with Gasteiger partial charge in [0.05, 0.1) is 12.4 Å². The molecule has 1 heterocycles. The standard InChI is InChI=1S/C22H24N4O/c1-17-9-11-19(12-10-17)14-26-22(27)20-15-25-21(16-24-20)23-13-5-8-18-6-3-2-4-7-18/h2-4,6-7,9-12,15-16H,5,8,13-14H2,1H3,(H,23,25)(H,26,27). The van der Waals surface area contributed by atoms with Crippen LogP contribution in [0.4, 0.5) is 5.82 Å². The van der Waals surface area contributed by atoms with Crippen molar-refractivity contribution >= 4 is 11.7 Å². The fourth-order valence-electron chi connectivity index (χ4n) is 2.67. The molecular formula is C22H24N4O. The third-order valence-electron chi connectivity index (χ3n) is 4.25. The second-order valence-corrected chi connectivity index (χ2v) is 6.47. The van der Waals surface area contributed by atoms with Crippen LogP contribution in [0, 0.1) is 6.92 Å². The van der Waals surface area contributed by atoms with Crippen molar-refractivity contribution in [2.45, 2.75) is 26.3 Å². The summed E-state index contributed by atoms with van der Waals surface area (Å²) in [6, 6.07) is 18.4. The number of hydrogen-bond donors (Lipinski definition) is 2. The molecule has 0 bridgehead atoms. The molecule has 5 nitrogen and oxygen atoms in total. The molecular weight excluding hydrogens is 336 g/mol. The van der Waals surface area contributed by atoms with E-state index in [1.165, 1.54) is 17.3 Å². The number of benzene rings is 2. The Hall–Kier alpha value is -3.21. The quantitative estimate of drug-likeness (QED) is 0.600. The van der Waals surface area contributed by atoms with E-state index in [9.17, 15) is 4.79 Å². The molecule has 1 amide bonds. The summed E-state index contributed by atoms with van der Waals surface area (Å²) in [6.07, 6.45) is 5.12. The SMILES string of the molecule is Cc1ccc(CNC(=O)c2cnc(NCCCc3ccccc3)cn2)cc1. The Labute approximate surface area is 159 Å². The lowest BCUT2D eigenvalue weighted by Crippen LogP contribution is -2.24. The van der Waals surface area contributed by atoms with Crippen LogP contribution in [0.3, 0.4) is 0 Å². The van der Waals surface area contributed by atoms with Gasteiger partial charge in [-0.15, -0.1) is 0 Å². The third-order valence-corrected chi connectivity index (χ3v) is 4.25. The fraction of sp³-hybridized carbons (Fsp3) is 0.227. The van der Waals surface area contributed by atoms with Crippen LogP contribution in [0.1, 0.15) is 33.6 Å². The van der Waals surface area contributed by atoms with Gasteiger partial charge in [-0.1, -0.05) is 60.2 Å². The summed E-state index contributed by atoms with van der Waals surface area (Å²) < 4.78 is 0. The molecule has 0 unspecified atom stereocenters. The van der Waals surface area contributed by atoms with Crippen LogP contribution in [0.15, 0.2) is 67.0 Å². The normalized spacial score (nSPS) is 10.4. The fourth-order valence-corrected chi connectivity index (χ4v) is 2.67. The van der Waals surface area contributed by atoms with Crippen LogP contribution in [-0.4, -0.2) is 22.4 Å². The van der Waals surface area contributed by atoms with Crippen molar-refractivity contribution in [1.82, 2.24) is 15.3 Å². The van der Waals surface area contributed by atoms with Crippen LogP contribution in [0.5, 0.6) is 0 Å². The first-order valence-corrected chi connectivity index (χ1v) is 9.14. The van der Waals surface area contributed by atoms with Gasteiger partial charge in [0, 0.05) is 13.1 Å². The van der Waals surface area contributed by atoms with Gasteiger partial charge in [-0.3, -0.25) is 4.79 Å². The highest BCUT2D eigenvalue weighted by molar-refractivity contribution is 5.91. The van der Waals surface area contributed by atoms with Crippen molar-refractivity contribution in [3.8, 4) is 0 Å². The van der Waals surface area contributed by atoms with Crippen LogP contribution >= 0.6 is 0 Å². The smallest absolute Gasteiger partial charge is 0.271 e. The summed E-state index contributed by atoms with van der Waals surface area (Å²) in [5.74, 6) is 0.455. The Kier molecular flexibility index (Phi) is 6.52. The maximum Gasteiger partial charge on any atom is 0.271 e. The highest BCUT2D eigenvalue weighted by Gasteiger charge is 2.07. The van der Waals surface area contributed by atoms with Gasteiger partial charge in [-0.2, -0.15) is 0 Å². The molecule has 0 fully saturated rings. The summed E-state index contributed by atoms with van der Waals surface area (Å²) in [7, 11) is 0. The van der Waals surface area contributed by atoms with Crippen LogP contribution in [-0.2, 0) is 13.0 Å². The number of rotatable bonds is 8. The summed E-state index contributed by atoms with van der Waals surface area (Å²) in [5, 5.41) is 6.10. The predicted molar refractivity (Wildman–Crippen MR) is 108 cm³/mol. The van der Waals surface area contributed by atoms with Crippen molar-refractivity contribution in [3.63, 3.8) is 0 Å². The van der Waals surface area contributed by atoms with Crippen molar-refractivity contribution in [1.29, 1.82) is 0 Å². The zero-order valence-electron chi connectivity index (χ0n) is 15.5. The lowest BCUT2D eigenvalue weighted by atomic mass is 10.1. The van der Waals surface area contributed by atoms with E-state index in [1.54, 1.807) is 6.20 Å². The van der Waals surface area contributed by atoms with E-state index in [4.69, 9.17) is 0 Å². The molecule has 0 saturated heterocycles. The van der Waals surface area contributed by atoms with Gasteiger partial charge in [0.15, 0.2) is 0 Å². The molecule has 3 rings (SSSR count). The number of hydrogen-bond acceptors (Lipinski definition) is 4. The molecule has 1 aromatic heterocycles. The summed E-state index contributed by atoms with van der Waals surface area (Å²) in [5.41, 5.74) is 3.89. The lowest BCUT2D eigenvalue weighted by molar-refractivity contribution is 0.0945. The molecule has 0 saturated carbocycles. The number of carbonyl (C=O) groups excluding carboxylic acids is 1. The van der Waals surface area contributed by atoms with E-state index in [1.807, 2.05) is 37.3 Å². The maximum absolute atomic E-state index is 12.2. The van der Waals surface area contributed by atoms with Gasteiger partial charge >= 0.3 is 0 Å². The molecule has 0 atom stereocenters. The Morgan fingerprint density at radius 1 is 0.926 bits per heavy atom. The van der Waals surface area contributed by atoms with Gasteiger partial charge in [-0.25, -0.2) is 9.97 Å². The van der Waals surface area contributed by atoms with Crippen molar-refractivity contribution < 1.29 is 4.79 Å². The third kappa shape index (κ3) is 5.92.